The smallest absolute Gasteiger partial charge is 0.260 e. The Labute approximate surface area is 127 Å². The van der Waals surface area contributed by atoms with E-state index in [0.29, 0.717) is 0 Å². The first-order valence-electron chi connectivity index (χ1n) is 6.03. The van der Waals surface area contributed by atoms with Gasteiger partial charge in [0, 0.05) is 13.1 Å². The Hall–Kier alpha value is -1.38. The van der Waals surface area contributed by atoms with E-state index in [1.54, 1.807) is 0 Å². The third-order valence-electron chi connectivity index (χ3n) is 2.36. The van der Waals surface area contributed by atoms with Crippen LogP contribution in [0.4, 0.5) is 4.39 Å². The number of nitrogens with one attached hydrogen (secondary N) is 2. The second kappa shape index (κ2) is 7.58. The van der Waals surface area contributed by atoms with Gasteiger partial charge in [0.05, 0.1) is 11.3 Å². The van der Waals surface area contributed by atoms with Gasteiger partial charge in [0.15, 0.2) is 6.10 Å². The van der Waals surface area contributed by atoms with E-state index in [1.165, 1.54) is 19.1 Å². The first kappa shape index (κ1) is 17.7. The average Bonchev–Trinajstić information content (AvgIpc) is 2.36. The van der Waals surface area contributed by atoms with Crippen molar-refractivity contribution in [1.29, 1.82) is 0 Å². The quantitative estimate of drug-likeness (QED) is 0.724. The van der Waals surface area contributed by atoms with E-state index in [0.717, 1.165) is 12.3 Å². The molecule has 0 aliphatic carbocycles. The van der Waals surface area contributed by atoms with Gasteiger partial charge in [-0.3, -0.25) is 4.79 Å². The molecule has 1 amide bonds. The number of benzene rings is 1. The minimum absolute atomic E-state index is 0.0633. The highest BCUT2D eigenvalue weighted by atomic mass is 35.5. The molecule has 0 saturated carbocycles. The fourth-order valence-electron chi connectivity index (χ4n) is 1.38. The Bertz CT molecular complexity index is 609. The second-order valence-corrected chi connectivity index (χ2v) is 6.53. The highest BCUT2D eigenvalue weighted by Crippen LogP contribution is 2.25. The molecule has 9 heteroatoms. The van der Waals surface area contributed by atoms with Crippen molar-refractivity contribution in [3.05, 3.63) is 29.0 Å². The van der Waals surface area contributed by atoms with Crippen LogP contribution >= 0.6 is 11.6 Å². The third kappa shape index (κ3) is 6.74. The van der Waals surface area contributed by atoms with Crippen molar-refractivity contribution in [3.8, 4) is 5.75 Å². The number of amides is 1. The fraction of sp³-hybridized carbons (Fsp3) is 0.417. The first-order chi connectivity index (χ1) is 9.69. The zero-order chi connectivity index (χ0) is 16.0. The summed E-state index contributed by atoms with van der Waals surface area (Å²) in [4.78, 5) is 11.7. The van der Waals surface area contributed by atoms with E-state index < -0.39 is 27.9 Å². The van der Waals surface area contributed by atoms with E-state index in [-0.39, 0.29) is 23.9 Å². The molecule has 1 aromatic rings. The Morgan fingerprint density at radius 2 is 2.10 bits per heavy atom. The van der Waals surface area contributed by atoms with E-state index in [9.17, 15) is 17.6 Å². The molecule has 0 aliphatic rings. The van der Waals surface area contributed by atoms with Crippen molar-refractivity contribution in [2.24, 2.45) is 0 Å². The molecule has 0 aliphatic heterocycles. The standard InChI is InChI=1S/C12H16ClFN2O4S/c1-8(12(17)15-5-6-16-21(2,18)19)20-11-4-3-9(14)7-10(11)13/h3-4,7-8,16H,5-6H2,1-2H3,(H,15,17)/t8-/m1/s1. The van der Waals surface area contributed by atoms with Gasteiger partial charge in [-0.25, -0.2) is 17.5 Å². The SMILES string of the molecule is C[C@@H](Oc1ccc(F)cc1Cl)C(=O)NCCNS(C)(=O)=O. The fourth-order valence-corrected chi connectivity index (χ4v) is 2.07. The number of hydrogen-bond acceptors (Lipinski definition) is 4. The van der Waals surface area contributed by atoms with E-state index >= 15 is 0 Å². The van der Waals surface area contributed by atoms with Crippen molar-refractivity contribution in [2.75, 3.05) is 19.3 Å². The molecular weight excluding hydrogens is 323 g/mol. The van der Waals surface area contributed by atoms with Crippen LogP contribution in [0.25, 0.3) is 0 Å². The molecule has 1 atom stereocenters. The van der Waals surface area contributed by atoms with Gasteiger partial charge < -0.3 is 10.1 Å². The van der Waals surface area contributed by atoms with Gasteiger partial charge in [0.25, 0.3) is 5.91 Å². The number of carbonyl (C=O) groups is 1. The largest absolute Gasteiger partial charge is 0.479 e. The summed E-state index contributed by atoms with van der Waals surface area (Å²) in [5.41, 5.74) is 0. The topological polar surface area (TPSA) is 84.5 Å². The third-order valence-corrected chi connectivity index (χ3v) is 3.38. The maximum Gasteiger partial charge on any atom is 0.260 e. The molecule has 1 rings (SSSR count). The number of rotatable bonds is 7. The molecule has 2 N–H and O–H groups in total. The predicted molar refractivity (Wildman–Crippen MR) is 77.4 cm³/mol. The lowest BCUT2D eigenvalue weighted by atomic mass is 10.3. The first-order valence-corrected chi connectivity index (χ1v) is 8.30. The van der Waals surface area contributed by atoms with Gasteiger partial charge in [-0.15, -0.1) is 0 Å². The van der Waals surface area contributed by atoms with Crippen LogP contribution in [0.5, 0.6) is 5.75 Å². The second-order valence-electron chi connectivity index (χ2n) is 4.29. The molecule has 118 valence electrons. The average molecular weight is 339 g/mol. The number of carbonyl (C=O) groups excluding carboxylic acids is 1. The Morgan fingerprint density at radius 1 is 1.43 bits per heavy atom. The van der Waals surface area contributed by atoms with Gasteiger partial charge >= 0.3 is 0 Å². The normalized spacial score (nSPS) is 12.8. The Kier molecular flexibility index (Phi) is 6.38. The molecule has 1 aromatic carbocycles. The van der Waals surface area contributed by atoms with Crippen LogP contribution in [-0.2, 0) is 14.8 Å². The predicted octanol–water partition coefficient (Wildman–Crippen LogP) is 0.912. The van der Waals surface area contributed by atoms with Crippen molar-refractivity contribution in [2.45, 2.75) is 13.0 Å². The van der Waals surface area contributed by atoms with Crippen LogP contribution in [0.3, 0.4) is 0 Å². The van der Waals surface area contributed by atoms with E-state index in [2.05, 4.69) is 10.0 Å². The van der Waals surface area contributed by atoms with Crippen LogP contribution in [-0.4, -0.2) is 39.8 Å². The van der Waals surface area contributed by atoms with Crippen molar-refractivity contribution >= 4 is 27.5 Å². The molecule has 0 fully saturated rings. The molecule has 0 saturated heterocycles. The van der Waals surface area contributed by atoms with Crippen molar-refractivity contribution < 1.29 is 22.3 Å². The zero-order valence-electron chi connectivity index (χ0n) is 11.5. The molecule has 0 aromatic heterocycles. The summed E-state index contributed by atoms with van der Waals surface area (Å²) in [6, 6.07) is 3.58. The number of ether oxygens (including phenoxy) is 1. The van der Waals surface area contributed by atoms with Gasteiger partial charge in [-0.05, 0) is 25.1 Å². The zero-order valence-corrected chi connectivity index (χ0v) is 13.1. The van der Waals surface area contributed by atoms with Crippen molar-refractivity contribution in [3.63, 3.8) is 0 Å². The van der Waals surface area contributed by atoms with Gasteiger partial charge in [-0.2, -0.15) is 0 Å². The lowest BCUT2D eigenvalue weighted by Gasteiger charge is -2.15. The molecule has 6 nitrogen and oxygen atoms in total. The highest BCUT2D eigenvalue weighted by Gasteiger charge is 2.16. The summed E-state index contributed by atoms with van der Waals surface area (Å²) >= 11 is 5.78. The Balaban J connectivity index is 2.44. The summed E-state index contributed by atoms with van der Waals surface area (Å²) in [5, 5.41) is 2.56. The molecule has 0 unspecified atom stereocenters. The number of hydrogen-bond donors (Lipinski definition) is 2. The minimum atomic E-state index is -3.29. The van der Waals surface area contributed by atoms with Crippen LogP contribution in [0, 0.1) is 5.82 Å². The van der Waals surface area contributed by atoms with Crippen molar-refractivity contribution in [1.82, 2.24) is 10.0 Å². The summed E-state index contributed by atoms with van der Waals surface area (Å²) in [5.74, 6) is -0.753. The molecular formula is C12H16ClFN2O4S. The monoisotopic (exact) mass is 338 g/mol. The summed E-state index contributed by atoms with van der Waals surface area (Å²) < 4.78 is 42.1. The highest BCUT2D eigenvalue weighted by molar-refractivity contribution is 7.88. The van der Waals surface area contributed by atoms with E-state index in [1.807, 2.05) is 0 Å². The van der Waals surface area contributed by atoms with Gasteiger partial charge in [0.1, 0.15) is 11.6 Å². The summed E-state index contributed by atoms with van der Waals surface area (Å²) in [6.07, 6.45) is 0.170. The molecule has 0 spiro atoms. The molecule has 21 heavy (non-hydrogen) atoms. The minimum Gasteiger partial charge on any atom is -0.479 e. The van der Waals surface area contributed by atoms with Gasteiger partial charge in [-0.1, -0.05) is 11.6 Å². The summed E-state index contributed by atoms with van der Waals surface area (Å²) in [6.45, 7) is 1.70. The summed E-state index contributed by atoms with van der Waals surface area (Å²) in [7, 11) is -3.29. The molecule has 0 radical (unpaired) electrons. The number of halogens is 2. The van der Waals surface area contributed by atoms with Crippen LogP contribution in [0.2, 0.25) is 5.02 Å². The lowest BCUT2D eigenvalue weighted by Crippen LogP contribution is -2.40. The number of sulfonamides is 1. The maximum absolute atomic E-state index is 12.9. The maximum atomic E-state index is 12.9. The Morgan fingerprint density at radius 3 is 2.67 bits per heavy atom. The van der Waals surface area contributed by atoms with Crippen LogP contribution < -0.4 is 14.8 Å². The molecule has 0 bridgehead atoms. The lowest BCUT2D eigenvalue weighted by molar-refractivity contribution is -0.127. The van der Waals surface area contributed by atoms with Gasteiger partial charge in [0.2, 0.25) is 10.0 Å². The van der Waals surface area contributed by atoms with Crippen LogP contribution in [0.15, 0.2) is 18.2 Å². The van der Waals surface area contributed by atoms with Crippen LogP contribution in [0.1, 0.15) is 6.92 Å². The van der Waals surface area contributed by atoms with E-state index in [4.69, 9.17) is 16.3 Å². The molecule has 0 heterocycles.